The van der Waals surface area contributed by atoms with E-state index in [4.69, 9.17) is 4.98 Å². The van der Waals surface area contributed by atoms with Gasteiger partial charge in [0.1, 0.15) is 5.82 Å². The highest BCUT2D eigenvalue weighted by Gasteiger charge is 2.28. The van der Waals surface area contributed by atoms with E-state index in [0.29, 0.717) is 5.56 Å². The molecule has 0 spiro atoms. The van der Waals surface area contributed by atoms with Crippen LogP contribution in [0, 0.1) is 0 Å². The van der Waals surface area contributed by atoms with E-state index in [1.807, 2.05) is 49.5 Å². The van der Waals surface area contributed by atoms with Crippen molar-refractivity contribution in [2.24, 2.45) is 7.05 Å². The first-order valence-corrected chi connectivity index (χ1v) is 8.84. The molecule has 1 saturated heterocycles. The van der Waals surface area contributed by atoms with Crippen LogP contribution in [0.4, 0.5) is 5.82 Å². The Balaban J connectivity index is 1.52. The van der Waals surface area contributed by atoms with E-state index < -0.39 is 0 Å². The quantitative estimate of drug-likeness (QED) is 0.724. The van der Waals surface area contributed by atoms with Crippen molar-refractivity contribution >= 4 is 22.8 Å². The molecule has 4 rings (SSSR count). The summed E-state index contributed by atoms with van der Waals surface area (Å²) in [5.41, 5.74) is 2.42. The fraction of sp³-hybridized carbons (Fsp3) is 0.368. The first-order chi connectivity index (χ1) is 12.6. The van der Waals surface area contributed by atoms with E-state index in [9.17, 15) is 4.79 Å². The first kappa shape index (κ1) is 16.5. The average Bonchev–Trinajstić information content (AvgIpc) is 3.13. The van der Waals surface area contributed by atoms with Crippen LogP contribution >= 0.6 is 0 Å². The lowest BCUT2D eigenvalue weighted by Gasteiger charge is -2.38. The van der Waals surface area contributed by atoms with Crippen molar-refractivity contribution in [2.75, 3.05) is 25.0 Å². The van der Waals surface area contributed by atoms with Crippen LogP contribution in [0.1, 0.15) is 23.2 Å². The minimum Gasteiger partial charge on any atom is -0.353 e. The van der Waals surface area contributed by atoms with Crippen LogP contribution in [0.5, 0.6) is 0 Å². The lowest BCUT2D eigenvalue weighted by Crippen LogP contribution is -2.48. The first-order valence-electron chi connectivity index (χ1n) is 8.84. The molecule has 1 unspecified atom stereocenters. The highest BCUT2D eigenvalue weighted by atomic mass is 16.2. The van der Waals surface area contributed by atoms with Gasteiger partial charge in [-0.2, -0.15) is 5.10 Å². The molecule has 3 heterocycles. The van der Waals surface area contributed by atoms with Crippen molar-refractivity contribution < 1.29 is 4.79 Å². The maximum absolute atomic E-state index is 12.7. The van der Waals surface area contributed by atoms with E-state index in [1.165, 1.54) is 0 Å². The molecule has 3 aromatic rings. The predicted molar refractivity (Wildman–Crippen MR) is 100 cm³/mol. The Morgan fingerprint density at radius 2 is 2.04 bits per heavy atom. The largest absolute Gasteiger partial charge is 0.353 e. The number of benzene rings is 1. The summed E-state index contributed by atoms with van der Waals surface area (Å²) < 4.78 is 1.65. The SMILES string of the molecule is CN(C(=O)c1cnn(C)c1)C1CCCN(c2cnc3ccccc3n2)C1. The molecule has 2 aromatic heterocycles. The number of fused-ring (bicyclic) bond motifs is 1. The van der Waals surface area contributed by atoms with Crippen molar-refractivity contribution in [3.05, 3.63) is 48.4 Å². The smallest absolute Gasteiger partial charge is 0.257 e. The number of piperidine rings is 1. The van der Waals surface area contributed by atoms with Crippen LogP contribution in [-0.2, 0) is 7.05 Å². The molecule has 26 heavy (non-hydrogen) atoms. The zero-order valence-corrected chi connectivity index (χ0v) is 15.0. The summed E-state index contributed by atoms with van der Waals surface area (Å²) in [5.74, 6) is 0.880. The van der Waals surface area contributed by atoms with Crippen LogP contribution < -0.4 is 4.90 Å². The van der Waals surface area contributed by atoms with Crippen LogP contribution in [-0.4, -0.2) is 56.7 Å². The number of amides is 1. The summed E-state index contributed by atoms with van der Waals surface area (Å²) in [7, 11) is 3.69. The van der Waals surface area contributed by atoms with Gasteiger partial charge in [-0.1, -0.05) is 12.1 Å². The monoisotopic (exact) mass is 350 g/mol. The number of aromatic nitrogens is 4. The number of likely N-dealkylation sites (N-methyl/N-ethyl adjacent to an activating group) is 1. The van der Waals surface area contributed by atoms with Gasteiger partial charge in [0.05, 0.1) is 29.0 Å². The van der Waals surface area contributed by atoms with Gasteiger partial charge in [0, 0.05) is 39.4 Å². The van der Waals surface area contributed by atoms with Gasteiger partial charge < -0.3 is 9.80 Å². The van der Waals surface area contributed by atoms with Crippen molar-refractivity contribution in [3.8, 4) is 0 Å². The molecule has 0 bridgehead atoms. The van der Waals surface area contributed by atoms with Gasteiger partial charge in [-0.3, -0.25) is 14.5 Å². The Morgan fingerprint density at radius 3 is 2.81 bits per heavy atom. The lowest BCUT2D eigenvalue weighted by molar-refractivity contribution is 0.0717. The van der Waals surface area contributed by atoms with Gasteiger partial charge in [-0.05, 0) is 25.0 Å². The molecule has 0 saturated carbocycles. The zero-order valence-electron chi connectivity index (χ0n) is 15.0. The molecular weight excluding hydrogens is 328 g/mol. The molecule has 7 nitrogen and oxygen atoms in total. The standard InChI is InChI=1S/C19H22N6O/c1-23-12-14(10-21-23)19(26)24(2)15-6-5-9-25(13-15)18-11-20-16-7-3-4-8-17(16)22-18/h3-4,7-8,10-12,15H,5-6,9,13H2,1-2H3. The summed E-state index contributed by atoms with van der Waals surface area (Å²) in [6.07, 6.45) is 7.21. The Labute approximate surface area is 152 Å². The zero-order chi connectivity index (χ0) is 18.1. The minimum atomic E-state index is 0.00884. The summed E-state index contributed by atoms with van der Waals surface area (Å²) in [5, 5.41) is 4.10. The number of nitrogens with zero attached hydrogens (tertiary/aromatic N) is 6. The Morgan fingerprint density at radius 1 is 1.23 bits per heavy atom. The molecule has 1 aliphatic heterocycles. The van der Waals surface area contributed by atoms with Crippen LogP contribution in [0.15, 0.2) is 42.9 Å². The van der Waals surface area contributed by atoms with Crippen LogP contribution in [0.2, 0.25) is 0 Å². The molecule has 1 atom stereocenters. The van der Waals surface area contributed by atoms with E-state index >= 15 is 0 Å². The fourth-order valence-electron chi connectivity index (χ4n) is 3.48. The van der Waals surface area contributed by atoms with E-state index in [2.05, 4.69) is 15.0 Å². The van der Waals surface area contributed by atoms with E-state index in [1.54, 1.807) is 17.1 Å². The Hall–Kier alpha value is -2.96. The number of hydrogen-bond acceptors (Lipinski definition) is 5. The minimum absolute atomic E-state index is 0.00884. The van der Waals surface area contributed by atoms with Gasteiger partial charge in [-0.25, -0.2) is 4.98 Å². The number of carbonyl (C=O) groups excluding carboxylic acids is 1. The number of rotatable bonds is 3. The predicted octanol–water partition coefficient (Wildman–Crippen LogP) is 2.10. The van der Waals surface area contributed by atoms with Crippen molar-refractivity contribution in [2.45, 2.75) is 18.9 Å². The second kappa shape index (κ2) is 6.74. The molecule has 0 aliphatic carbocycles. The number of anilines is 1. The fourth-order valence-corrected chi connectivity index (χ4v) is 3.48. The van der Waals surface area contributed by atoms with Crippen LogP contribution in [0.3, 0.4) is 0 Å². The molecule has 1 amide bonds. The second-order valence-electron chi connectivity index (χ2n) is 6.78. The number of para-hydroxylation sites is 2. The van der Waals surface area contributed by atoms with Gasteiger partial charge >= 0.3 is 0 Å². The second-order valence-corrected chi connectivity index (χ2v) is 6.78. The maximum atomic E-state index is 12.7. The molecule has 0 N–H and O–H groups in total. The third-order valence-corrected chi connectivity index (χ3v) is 4.98. The molecule has 0 radical (unpaired) electrons. The summed E-state index contributed by atoms with van der Waals surface area (Å²) in [4.78, 5) is 26.0. The van der Waals surface area contributed by atoms with Gasteiger partial charge in [0.15, 0.2) is 0 Å². The normalized spacial score (nSPS) is 17.5. The highest BCUT2D eigenvalue weighted by Crippen LogP contribution is 2.22. The van der Waals surface area contributed by atoms with Gasteiger partial charge in [0.25, 0.3) is 5.91 Å². The Kier molecular flexibility index (Phi) is 4.28. The molecule has 1 aliphatic rings. The van der Waals surface area contributed by atoms with Crippen molar-refractivity contribution in [1.82, 2.24) is 24.6 Å². The summed E-state index contributed by atoms with van der Waals surface area (Å²) in [6.45, 7) is 1.69. The van der Waals surface area contributed by atoms with E-state index in [0.717, 1.165) is 42.8 Å². The third-order valence-electron chi connectivity index (χ3n) is 4.98. The van der Waals surface area contributed by atoms with Crippen molar-refractivity contribution in [3.63, 3.8) is 0 Å². The van der Waals surface area contributed by atoms with Gasteiger partial charge in [-0.15, -0.1) is 0 Å². The molecule has 134 valence electrons. The average molecular weight is 350 g/mol. The number of carbonyl (C=O) groups is 1. The molecule has 1 aromatic carbocycles. The van der Waals surface area contributed by atoms with Crippen LogP contribution in [0.25, 0.3) is 11.0 Å². The number of hydrogen-bond donors (Lipinski definition) is 0. The molecular formula is C19H22N6O. The summed E-state index contributed by atoms with van der Waals surface area (Å²) >= 11 is 0. The molecule has 7 heteroatoms. The van der Waals surface area contributed by atoms with E-state index in [-0.39, 0.29) is 11.9 Å². The van der Waals surface area contributed by atoms with Gasteiger partial charge in [0.2, 0.25) is 0 Å². The summed E-state index contributed by atoms with van der Waals surface area (Å²) in [6, 6.07) is 8.02. The maximum Gasteiger partial charge on any atom is 0.257 e. The third kappa shape index (κ3) is 3.12. The molecule has 1 fully saturated rings. The lowest BCUT2D eigenvalue weighted by atomic mass is 10.0. The van der Waals surface area contributed by atoms with Crippen molar-refractivity contribution in [1.29, 1.82) is 0 Å². The number of aryl methyl sites for hydroxylation is 1. The highest BCUT2D eigenvalue weighted by molar-refractivity contribution is 5.93. The Bertz CT molecular complexity index is 936. The topological polar surface area (TPSA) is 67.2 Å².